The van der Waals surface area contributed by atoms with Gasteiger partial charge in [0.2, 0.25) is 0 Å². The molecule has 1 saturated heterocycles. The van der Waals surface area contributed by atoms with Gasteiger partial charge in [-0.15, -0.1) is 0 Å². The minimum atomic E-state index is -1.20. The first kappa shape index (κ1) is 17.0. The Morgan fingerprint density at radius 1 is 1.00 bits per heavy atom. The fourth-order valence-electron chi connectivity index (χ4n) is 2.80. The van der Waals surface area contributed by atoms with Crippen LogP contribution in [0.4, 0.5) is 0 Å². The van der Waals surface area contributed by atoms with Gasteiger partial charge in [-0.1, -0.05) is 0 Å². The molecule has 2 aliphatic rings. The van der Waals surface area contributed by atoms with Gasteiger partial charge in [0.05, 0.1) is 18.2 Å². The van der Waals surface area contributed by atoms with Gasteiger partial charge in [0, 0.05) is 18.6 Å². The lowest BCUT2D eigenvalue weighted by atomic mass is 9.87. The van der Waals surface area contributed by atoms with E-state index in [-0.39, 0.29) is 6.54 Å². The molecule has 11 N–H and O–H groups in total. The predicted molar refractivity (Wildman–Crippen MR) is 73.8 cm³/mol. The van der Waals surface area contributed by atoms with Gasteiger partial charge in [-0.2, -0.15) is 0 Å². The topological polar surface area (TPSA) is 183 Å². The van der Waals surface area contributed by atoms with Crippen LogP contribution in [-0.4, -0.2) is 76.8 Å². The molecule has 124 valence electrons. The molecule has 1 saturated carbocycles. The summed E-state index contributed by atoms with van der Waals surface area (Å²) >= 11 is 0. The molecule has 0 bridgehead atoms. The van der Waals surface area contributed by atoms with Crippen LogP contribution in [0, 0.1) is 0 Å². The fourth-order valence-corrected chi connectivity index (χ4v) is 2.80. The minimum Gasteiger partial charge on any atom is -0.391 e. The van der Waals surface area contributed by atoms with Crippen molar-refractivity contribution >= 4 is 0 Å². The Bertz CT molecular complexity index is 348. The second kappa shape index (κ2) is 6.82. The molecule has 1 aliphatic heterocycles. The van der Waals surface area contributed by atoms with E-state index < -0.39 is 54.9 Å². The standard InChI is InChI=1S/C12H26N4O5/c13-3-8-10(18)11(19)9(16)12(21-8)20-7-2-4(14)6(17)1-5(7)15/h4-12,17-19H,1-3,13-16H2/t4-,5-,6-,7-,8-,9-,10-,11-,12+/m1/s1. The van der Waals surface area contributed by atoms with Crippen LogP contribution in [0.3, 0.4) is 0 Å². The maximum absolute atomic E-state index is 9.92. The van der Waals surface area contributed by atoms with E-state index in [2.05, 4.69) is 0 Å². The maximum Gasteiger partial charge on any atom is 0.176 e. The summed E-state index contributed by atoms with van der Waals surface area (Å²) in [6.07, 6.45) is -4.48. The Hall–Kier alpha value is -0.360. The van der Waals surface area contributed by atoms with Crippen LogP contribution in [0.1, 0.15) is 12.8 Å². The van der Waals surface area contributed by atoms with Gasteiger partial charge < -0.3 is 47.7 Å². The van der Waals surface area contributed by atoms with Crippen molar-refractivity contribution in [3.8, 4) is 0 Å². The average molecular weight is 306 g/mol. The minimum absolute atomic E-state index is 0.0275. The van der Waals surface area contributed by atoms with E-state index in [1.807, 2.05) is 0 Å². The number of ether oxygens (including phenoxy) is 2. The van der Waals surface area contributed by atoms with Gasteiger partial charge in [-0.25, -0.2) is 0 Å². The van der Waals surface area contributed by atoms with Gasteiger partial charge in [0.1, 0.15) is 18.3 Å². The Morgan fingerprint density at radius 3 is 2.29 bits per heavy atom. The van der Waals surface area contributed by atoms with Gasteiger partial charge in [0.25, 0.3) is 0 Å². The van der Waals surface area contributed by atoms with E-state index in [1.54, 1.807) is 0 Å². The maximum atomic E-state index is 9.92. The third-order valence-electron chi connectivity index (χ3n) is 4.28. The predicted octanol–water partition coefficient (Wildman–Crippen LogP) is -4.09. The summed E-state index contributed by atoms with van der Waals surface area (Å²) in [5.74, 6) is 0. The molecular formula is C12H26N4O5. The first-order valence-electron chi connectivity index (χ1n) is 7.17. The molecule has 1 heterocycles. The van der Waals surface area contributed by atoms with Crippen molar-refractivity contribution in [2.24, 2.45) is 22.9 Å². The molecule has 0 radical (unpaired) electrons. The summed E-state index contributed by atoms with van der Waals surface area (Å²) in [6, 6.07) is -1.76. The van der Waals surface area contributed by atoms with Crippen molar-refractivity contribution in [2.45, 2.75) is 67.8 Å². The summed E-state index contributed by atoms with van der Waals surface area (Å²) in [4.78, 5) is 0. The molecule has 0 aromatic heterocycles. The van der Waals surface area contributed by atoms with Crippen LogP contribution in [0.5, 0.6) is 0 Å². The third-order valence-corrected chi connectivity index (χ3v) is 4.28. The highest BCUT2D eigenvalue weighted by molar-refractivity contribution is 4.95. The van der Waals surface area contributed by atoms with Crippen LogP contribution in [-0.2, 0) is 9.47 Å². The van der Waals surface area contributed by atoms with Crippen molar-refractivity contribution in [2.75, 3.05) is 6.54 Å². The summed E-state index contributed by atoms with van der Waals surface area (Å²) < 4.78 is 11.2. The molecule has 0 aromatic rings. The Balaban J connectivity index is 2.01. The number of nitrogens with two attached hydrogens (primary N) is 4. The van der Waals surface area contributed by atoms with E-state index in [9.17, 15) is 15.3 Å². The Kier molecular flexibility index (Phi) is 5.52. The molecule has 0 aromatic carbocycles. The van der Waals surface area contributed by atoms with Crippen molar-refractivity contribution in [3.63, 3.8) is 0 Å². The molecule has 2 fully saturated rings. The zero-order valence-corrected chi connectivity index (χ0v) is 11.8. The van der Waals surface area contributed by atoms with E-state index in [0.717, 1.165) is 0 Å². The zero-order valence-electron chi connectivity index (χ0n) is 11.8. The Morgan fingerprint density at radius 2 is 1.67 bits per heavy atom. The second-order valence-corrected chi connectivity index (χ2v) is 5.88. The highest BCUT2D eigenvalue weighted by Gasteiger charge is 2.45. The van der Waals surface area contributed by atoms with Crippen LogP contribution in [0.25, 0.3) is 0 Å². The van der Waals surface area contributed by atoms with Crippen LogP contribution in [0.15, 0.2) is 0 Å². The van der Waals surface area contributed by atoms with E-state index >= 15 is 0 Å². The SMILES string of the molecule is NC[C@H]1O[C@H](O[C@@H]2C[C@@H](N)[C@H](O)C[C@H]2N)[C@H](N)[C@@H](O)[C@@H]1O. The van der Waals surface area contributed by atoms with Crippen LogP contribution >= 0.6 is 0 Å². The van der Waals surface area contributed by atoms with Crippen molar-refractivity contribution in [1.29, 1.82) is 0 Å². The first-order valence-corrected chi connectivity index (χ1v) is 7.17. The lowest BCUT2D eigenvalue weighted by Gasteiger charge is -2.44. The van der Waals surface area contributed by atoms with Crippen LogP contribution < -0.4 is 22.9 Å². The summed E-state index contributed by atoms with van der Waals surface area (Å²) in [5, 5.41) is 29.4. The monoisotopic (exact) mass is 306 g/mol. The molecule has 2 rings (SSSR count). The van der Waals surface area contributed by atoms with Crippen LogP contribution in [0.2, 0.25) is 0 Å². The number of rotatable bonds is 3. The van der Waals surface area contributed by atoms with Gasteiger partial charge in [-0.3, -0.25) is 0 Å². The second-order valence-electron chi connectivity index (χ2n) is 5.88. The molecule has 0 unspecified atom stereocenters. The molecule has 0 spiro atoms. The molecule has 21 heavy (non-hydrogen) atoms. The third kappa shape index (κ3) is 3.52. The van der Waals surface area contributed by atoms with Crippen molar-refractivity contribution in [3.05, 3.63) is 0 Å². The lowest BCUT2D eigenvalue weighted by Crippen LogP contribution is -2.65. The lowest BCUT2D eigenvalue weighted by molar-refractivity contribution is -0.275. The summed E-state index contributed by atoms with van der Waals surface area (Å²) in [5.41, 5.74) is 23.1. The molecule has 9 heteroatoms. The van der Waals surface area contributed by atoms with E-state index in [0.29, 0.717) is 12.8 Å². The number of hydrogen-bond acceptors (Lipinski definition) is 9. The normalized spacial score (nSPS) is 51.9. The zero-order chi connectivity index (χ0) is 15.7. The van der Waals surface area contributed by atoms with E-state index in [1.165, 1.54) is 0 Å². The molecule has 9 atom stereocenters. The largest absolute Gasteiger partial charge is 0.391 e. The van der Waals surface area contributed by atoms with Gasteiger partial charge in [0.15, 0.2) is 6.29 Å². The van der Waals surface area contributed by atoms with Gasteiger partial charge in [-0.05, 0) is 12.8 Å². The highest BCUT2D eigenvalue weighted by Crippen LogP contribution is 2.26. The molecule has 9 nitrogen and oxygen atoms in total. The van der Waals surface area contributed by atoms with E-state index in [4.69, 9.17) is 32.4 Å². The first-order chi connectivity index (χ1) is 9.85. The highest BCUT2D eigenvalue weighted by atomic mass is 16.7. The fraction of sp³-hybridized carbons (Fsp3) is 1.00. The number of aliphatic hydroxyl groups is 3. The summed E-state index contributed by atoms with van der Waals surface area (Å²) in [6.45, 7) is 0.0275. The molecule has 1 aliphatic carbocycles. The van der Waals surface area contributed by atoms with Crippen molar-refractivity contribution < 1.29 is 24.8 Å². The van der Waals surface area contributed by atoms with Gasteiger partial charge >= 0.3 is 0 Å². The number of aliphatic hydroxyl groups excluding tert-OH is 3. The Labute approximate surface area is 123 Å². The number of hydrogen-bond donors (Lipinski definition) is 7. The van der Waals surface area contributed by atoms with Crippen molar-refractivity contribution in [1.82, 2.24) is 0 Å². The summed E-state index contributed by atoms with van der Waals surface area (Å²) in [7, 11) is 0. The quantitative estimate of drug-likeness (QED) is 0.272. The average Bonchev–Trinajstić information content (AvgIpc) is 2.45. The smallest absolute Gasteiger partial charge is 0.176 e. The molecule has 0 amide bonds. The molecular weight excluding hydrogens is 280 g/mol.